The van der Waals surface area contributed by atoms with Crippen molar-refractivity contribution in [1.82, 2.24) is 14.8 Å². The Labute approximate surface area is 164 Å². The number of rotatable bonds is 5. The summed E-state index contributed by atoms with van der Waals surface area (Å²) in [6.45, 7) is 3.15. The Balaban J connectivity index is 1.45. The minimum absolute atomic E-state index is 0.0688. The normalized spacial score (nSPS) is 25.9. The van der Waals surface area contributed by atoms with Gasteiger partial charge < -0.3 is 24.1 Å². The fourth-order valence-corrected chi connectivity index (χ4v) is 4.26. The summed E-state index contributed by atoms with van der Waals surface area (Å²) in [6.07, 6.45) is 8.48. The van der Waals surface area contributed by atoms with E-state index < -0.39 is 0 Å². The summed E-state index contributed by atoms with van der Waals surface area (Å²) in [5.41, 5.74) is 0.0318. The highest BCUT2D eigenvalue weighted by atomic mass is 16.5. The maximum absolute atomic E-state index is 13.1. The molecule has 8 nitrogen and oxygen atoms in total. The van der Waals surface area contributed by atoms with E-state index in [-0.39, 0.29) is 42.5 Å². The van der Waals surface area contributed by atoms with Gasteiger partial charge in [0.1, 0.15) is 6.26 Å². The summed E-state index contributed by atoms with van der Waals surface area (Å²) >= 11 is 0. The maximum Gasteiger partial charge on any atom is 0.276 e. The molecule has 1 aromatic heterocycles. The largest absolute Gasteiger partial charge is 0.448 e. The molecule has 152 valence electrons. The van der Waals surface area contributed by atoms with Crippen LogP contribution >= 0.6 is 0 Å². The van der Waals surface area contributed by atoms with E-state index >= 15 is 0 Å². The molecule has 3 aliphatic rings. The van der Waals surface area contributed by atoms with Gasteiger partial charge in [-0.25, -0.2) is 4.98 Å². The average Bonchev–Trinajstić information content (AvgIpc) is 3.35. The topological polar surface area (TPSA) is 96.1 Å². The Morgan fingerprint density at radius 3 is 2.86 bits per heavy atom. The zero-order valence-corrected chi connectivity index (χ0v) is 16.2. The fraction of sp³-hybridized carbons (Fsp3) is 0.650. The van der Waals surface area contributed by atoms with Crippen LogP contribution < -0.4 is 0 Å². The molecule has 1 aliphatic carbocycles. The molecule has 2 unspecified atom stereocenters. The molecular weight excluding hydrogens is 362 g/mol. The van der Waals surface area contributed by atoms with Gasteiger partial charge in [-0.1, -0.05) is 19.1 Å². The second kappa shape index (κ2) is 7.67. The van der Waals surface area contributed by atoms with Gasteiger partial charge in [0.15, 0.2) is 11.6 Å². The highest BCUT2D eigenvalue weighted by Crippen LogP contribution is 2.41. The lowest BCUT2D eigenvalue weighted by Crippen LogP contribution is -2.65. The molecular formula is C20H27N3O5. The van der Waals surface area contributed by atoms with Crippen molar-refractivity contribution in [2.75, 3.05) is 26.3 Å². The highest BCUT2D eigenvalue weighted by molar-refractivity contribution is 5.93. The third kappa shape index (κ3) is 3.35. The number of carbonyl (C=O) groups is 2. The standard InChI is InChI=1S/C20H27N3O5/c1-2-17-21-16(12-27-17)19(26)23-10-15(28-13-20(23)6-4-7-20)9-18(25)22-8-3-5-14(22)11-24/h3,5,12,14-15,24H,2,4,6-11,13H2,1H3. The first-order chi connectivity index (χ1) is 13.6. The van der Waals surface area contributed by atoms with E-state index in [1.165, 1.54) is 6.26 Å². The SMILES string of the molecule is CCc1nc(C(=O)N2CC(CC(=O)N3CC=CC3CO)OCC23CCC3)co1. The molecule has 2 aliphatic heterocycles. The van der Waals surface area contributed by atoms with E-state index in [9.17, 15) is 14.7 Å². The maximum atomic E-state index is 13.1. The van der Waals surface area contributed by atoms with Crippen LogP contribution in [0.5, 0.6) is 0 Å². The molecule has 0 bridgehead atoms. The Hall–Kier alpha value is -2.19. The van der Waals surface area contributed by atoms with Crippen molar-refractivity contribution < 1.29 is 23.8 Å². The molecule has 2 atom stereocenters. The number of aliphatic hydroxyl groups is 1. The van der Waals surface area contributed by atoms with Crippen LogP contribution in [0.2, 0.25) is 0 Å². The number of oxazole rings is 1. The highest BCUT2D eigenvalue weighted by Gasteiger charge is 2.50. The minimum atomic E-state index is -0.361. The number of aliphatic hydroxyl groups excluding tert-OH is 1. The molecule has 1 spiro atoms. The second-order valence-corrected chi connectivity index (χ2v) is 7.84. The van der Waals surface area contributed by atoms with Gasteiger partial charge in [-0.2, -0.15) is 0 Å². The molecule has 28 heavy (non-hydrogen) atoms. The van der Waals surface area contributed by atoms with E-state index in [1.807, 2.05) is 24.0 Å². The molecule has 1 saturated heterocycles. The number of hydrogen-bond donors (Lipinski definition) is 1. The molecule has 1 aromatic rings. The minimum Gasteiger partial charge on any atom is -0.448 e. The smallest absolute Gasteiger partial charge is 0.276 e. The monoisotopic (exact) mass is 389 g/mol. The summed E-state index contributed by atoms with van der Waals surface area (Å²) in [7, 11) is 0. The van der Waals surface area contributed by atoms with Crippen LogP contribution in [-0.2, 0) is 16.0 Å². The number of hydrogen-bond acceptors (Lipinski definition) is 6. The number of aromatic nitrogens is 1. The van der Waals surface area contributed by atoms with Crippen molar-refractivity contribution in [2.24, 2.45) is 0 Å². The Bertz CT molecular complexity index is 770. The van der Waals surface area contributed by atoms with Crippen LogP contribution in [-0.4, -0.2) is 75.7 Å². The third-order valence-electron chi connectivity index (χ3n) is 6.12. The van der Waals surface area contributed by atoms with Gasteiger partial charge >= 0.3 is 0 Å². The molecule has 3 heterocycles. The van der Waals surface area contributed by atoms with Gasteiger partial charge in [0, 0.05) is 19.5 Å². The molecule has 1 saturated carbocycles. The Morgan fingerprint density at radius 1 is 1.39 bits per heavy atom. The molecule has 4 rings (SSSR count). The van der Waals surface area contributed by atoms with E-state index in [0.29, 0.717) is 37.7 Å². The second-order valence-electron chi connectivity index (χ2n) is 7.84. The van der Waals surface area contributed by atoms with Crippen molar-refractivity contribution in [3.8, 4) is 0 Å². The number of aryl methyl sites for hydroxylation is 1. The molecule has 0 aromatic carbocycles. The van der Waals surface area contributed by atoms with Crippen LogP contribution in [0.4, 0.5) is 0 Å². The van der Waals surface area contributed by atoms with Gasteiger partial charge in [-0.3, -0.25) is 9.59 Å². The fourth-order valence-electron chi connectivity index (χ4n) is 4.26. The van der Waals surface area contributed by atoms with Crippen LogP contribution in [0, 0.1) is 0 Å². The molecule has 2 amide bonds. The third-order valence-corrected chi connectivity index (χ3v) is 6.12. The van der Waals surface area contributed by atoms with Gasteiger partial charge in [0.25, 0.3) is 5.91 Å². The summed E-state index contributed by atoms with van der Waals surface area (Å²) in [5, 5.41) is 9.42. The van der Waals surface area contributed by atoms with Crippen LogP contribution in [0.1, 0.15) is 49.0 Å². The molecule has 8 heteroatoms. The van der Waals surface area contributed by atoms with E-state index in [0.717, 1.165) is 19.3 Å². The molecule has 1 N–H and O–H groups in total. The van der Waals surface area contributed by atoms with Gasteiger partial charge in [-0.15, -0.1) is 0 Å². The van der Waals surface area contributed by atoms with Crippen molar-refractivity contribution in [3.05, 3.63) is 30.0 Å². The van der Waals surface area contributed by atoms with Crippen molar-refractivity contribution in [1.29, 1.82) is 0 Å². The summed E-state index contributed by atoms with van der Waals surface area (Å²) in [5.74, 6) is 0.322. The molecule has 0 radical (unpaired) electrons. The first-order valence-electron chi connectivity index (χ1n) is 10.0. The summed E-state index contributed by atoms with van der Waals surface area (Å²) in [6, 6.07) is -0.269. The first kappa shape index (κ1) is 19.1. The lowest BCUT2D eigenvalue weighted by atomic mass is 9.74. The lowest BCUT2D eigenvalue weighted by Gasteiger charge is -2.54. The predicted octanol–water partition coefficient (Wildman–Crippen LogP) is 1.15. The number of carbonyl (C=O) groups excluding carboxylic acids is 2. The van der Waals surface area contributed by atoms with Crippen LogP contribution in [0.25, 0.3) is 0 Å². The van der Waals surface area contributed by atoms with Gasteiger partial charge in [-0.05, 0) is 19.3 Å². The number of amides is 2. The van der Waals surface area contributed by atoms with E-state index in [1.54, 1.807) is 4.90 Å². The van der Waals surface area contributed by atoms with Crippen LogP contribution in [0.15, 0.2) is 22.8 Å². The quantitative estimate of drug-likeness (QED) is 0.759. The van der Waals surface area contributed by atoms with Gasteiger partial charge in [0.05, 0.1) is 37.3 Å². The Kier molecular flexibility index (Phi) is 5.25. The number of ether oxygens (including phenoxy) is 1. The lowest BCUT2D eigenvalue weighted by molar-refractivity contribution is -0.148. The number of morpholine rings is 1. The first-order valence-corrected chi connectivity index (χ1v) is 10.0. The zero-order valence-electron chi connectivity index (χ0n) is 16.2. The van der Waals surface area contributed by atoms with E-state index in [2.05, 4.69) is 4.98 Å². The van der Waals surface area contributed by atoms with Crippen molar-refractivity contribution in [3.63, 3.8) is 0 Å². The van der Waals surface area contributed by atoms with Gasteiger partial charge in [0.2, 0.25) is 5.91 Å². The zero-order chi connectivity index (χ0) is 19.7. The molecule has 2 fully saturated rings. The summed E-state index contributed by atoms with van der Waals surface area (Å²) in [4.78, 5) is 33.6. The Morgan fingerprint density at radius 2 is 2.21 bits per heavy atom. The van der Waals surface area contributed by atoms with E-state index in [4.69, 9.17) is 9.15 Å². The summed E-state index contributed by atoms with van der Waals surface area (Å²) < 4.78 is 11.4. The van der Waals surface area contributed by atoms with Crippen LogP contribution in [0.3, 0.4) is 0 Å². The average molecular weight is 389 g/mol. The predicted molar refractivity (Wildman–Crippen MR) is 99.6 cm³/mol. The van der Waals surface area contributed by atoms with Crippen molar-refractivity contribution >= 4 is 11.8 Å². The number of nitrogens with zero attached hydrogens (tertiary/aromatic N) is 3. The van der Waals surface area contributed by atoms with Crippen molar-refractivity contribution in [2.45, 2.75) is 56.7 Å².